The number of hydrogen-bond donors (Lipinski definition) is 1. The fourth-order valence-corrected chi connectivity index (χ4v) is 3.21. The molecule has 1 amide bonds. The third-order valence-corrected chi connectivity index (χ3v) is 4.61. The van der Waals surface area contributed by atoms with E-state index in [4.69, 9.17) is 5.11 Å². The molecule has 0 saturated carbocycles. The summed E-state index contributed by atoms with van der Waals surface area (Å²) >= 11 is 0. The number of hydrogen-bond acceptors (Lipinski definition) is 2. The summed E-state index contributed by atoms with van der Waals surface area (Å²) in [4.78, 5) is 24.9. The van der Waals surface area contributed by atoms with Crippen LogP contribution in [0.4, 0.5) is 0 Å². The van der Waals surface area contributed by atoms with Gasteiger partial charge in [-0.05, 0) is 50.5 Å². The fourth-order valence-electron chi connectivity index (χ4n) is 3.21. The molecule has 1 fully saturated rings. The van der Waals surface area contributed by atoms with Crippen molar-refractivity contribution >= 4 is 11.9 Å². The van der Waals surface area contributed by atoms with Crippen LogP contribution in [-0.2, 0) is 16.0 Å². The van der Waals surface area contributed by atoms with Gasteiger partial charge in [0.25, 0.3) is 0 Å². The molecule has 0 radical (unpaired) electrons. The van der Waals surface area contributed by atoms with Gasteiger partial charge in [-0.3, -0.25) is 9.59 Å². The second-order valence-electron chi connectivity index (χ2n) is 6.62. The van der Waals surface area contributed by atoms with Crippen molar-refractivity contribution in [1.29, 1.82) is 0 Å². The first-order valence-corrected chi connectivity index (χ1v) is 8.59. The molecule has 4 heteroatoms. The lowest BCUT2D eigenvalue weighted by Crippen LogP contribution is -2.40. The molecule has 1 heterocycles. The molecule has 23 heavy (non-hydrogen) atoms. The third kappa shape index (κ3) is 6.05. The van der Waals surface area contributed by atoms with Crippen molar-refractivity contribution in [2.45, 2.75) is 51.9 Å². The highest BCUT2D eigenvalue weighted by Gasteiger charge is 2.23. The van der Waals surface area contributed by atoms with Gasteiger partial charge in [-0.2, -0.15) is 0 Å². The number of likely N-dealkylation sites (tertiary alicyclic amines) is 1. The molecule has 0 aromatic heterocycles. The van der Waals surface area contributed by atoms with Crippen LogP contribution in [0.1, 0.15) is 49.7 Å². The van der Waals surface area contributed by atoms with Gasteiger partial charge in [0.1, 0.15) is 0 Å². The fraction of sp³-hybridized carbons (Fsp3) is 0.579. The molecule has 0 unspecified atom stereocenters. The lowest BCUT2D eigenvalue weighted by atomic mass is 9.93. The number of aliphatic carboxylic acids is 1. The van der Waals surface area contributed by atoms with Gasteiger partial charge in [0, 0.05) is 25.9 Å². The van der Waals surface area contributed by atoms with E-state index in [0.29, 0.717) is 18.8 Å². The van der Waals surface area contributed by atoms with Gasteiger partial charge in [-0.25, -0.2) is 0 Å². The van der Waals surface area contributed by atoms with Crippen LogP contribution in [0.15, 0.2) is 24.3 Å². The third-order valence-electron chi connectivity index (χ3n) is 4.61. The van der Waals surface area contributed by atoms with Crippen LogP contribution in [0.2, 0.25) is 0 Å². The zero-order chi connectivity index (χ0) is 16.7. The zero-order valence-corrected chi connectivity index (χ0v) is 14.0. The number of piperidine rings is 1. The smallest absolute Gasteiger partial charge is 0.303 e. The Morgan fingerprint density at radius 1 is 1.22 bits per heavy atom. The normalized spacial score (nSPS) is 18.0. The van der Waals surface area contributed by atoms with E-state index in [1.165, 1.54) is 11.1 Å². The van der Waals surface area contributed by atoms with Crippen LogP contribution in [0.25, 0.3) is 0 Å². The number of carboxylic acids is 1. The minimum absolute atomic E-state index is 0.208. The van der Waals surface area contributed by atoms with Gasteiger partial charge >= 0.3 is 5.97 Å². The predicted molar refractivity (Wildman–Crippen MR) is 90.3 cm³/mol. The maximum absolute atomic E-state index is 12.3. The summed E-state index contributed by atoms with van der Waals surface area (Å²) in [5.74, 6) is -0.176. The molecule has 1 aliphatic rings. The van der Waals surface area contributed by atoms with Crippen molar-refractivity contribution < 1.29 is 14.7 Å². The Balaban J connectivity index is 1.72. The standard InChI is InChI=1S/C19H27NO3/c1-15-7-9-16(10-8-15)4-2-6-18(21)20-13-3-5-17(14-20)11-12-19(22)23/h7-10,17H,2-6,11-14H2,1H3,(H,22,23)/t17-/m1/s1. The Hall–Kier alpha value is -1.84. The predicted octanol–water partition coefficient (Wildman–Crippen LogP) is 3.42. The molecule has 1 atom stereocenters. The number of carbonyl (C=O) groups is 2. The van der Waals surface area contributed by atoms with Crippen molar-refractivity contribution in [1.82, 2.24) is 4.90 Å². The highest BCUT2D eigenvalue weighted by atomic mass is 16.4. The molecule has 1 aromatic rings. The van der Waals surface area contributed by atoms with Crippen molar-refractivity contribution in [3.63, 3.8) is 0 Å². The number of amides is 1. The van der Waals surface area contributed by atoms with E-state index in [1.54, 1.807) is 0 Å². The first-order chi connectivity index (χ1) is 11.0. The number of rotatable bonds is 7. The number of carbonyl (C=O) groups excluding carboxylic acids is 1. The van der Waals surface area contributed by atoms with E-state index < -0.39 is 5.97 Å². The lowest BCUT2D eigenvalue weighted by Gasteiger charge is -2.32. The molecule has 4 nitrogen and oxygen atoms in total. The summed E-state index contributed by atoms with van der Waals surface area (Å²) in [5.41, 5.74) is 2.53. The number of carboxylic acid groups (broad SMARTS) is 1. The van der Waals surface area contributed by atoms with Gasteiger partial charge in [0.05, 0.1) is 0 Å². The molecule has 2 rings (SSSR count). The van der Waals surface area contributed by atoms with Gasteiger partial charge in [0.15, 0.2) is 0 Å². The van der Waals surface area contributed by atoms with Crippen molar-refractivity contribution in [2.24, 2.45) is 5.92 Å². The minimum atomic E-state index is -0.744. The zero-order valence-electron chi connectivity index (χ0n) is 14.0. The van der Waals surface area contributed by atoms with Crippen LogP contribution in [0, 0.1) is 12.8 Å². The molecular weight excluding hydrogens is 290 g/mol. The van der Waals surface area contributed by atoms with Crippen LogP contribution < -0.4 is 0 Å². The summed E-state index contributed by atoms with van der Waals surface area (Å²) in [5, 5.41) is 8.78. The van der Waals surface area contributed by atoms with E-state index in [9.17, 15) is 9.59 Å². The quantitative estimate of drug-likeness (QED) is 0.838. The molecule has 0 bridgehead atoms. The highest BCUT2D eigenvalue weighted by molar-refractivity contribution is 5.76. The summed E-state index contributed by atoms with van der Waals surface area (Å²) < 4.78 is 0. The molecule has 1 aliphatic heterocycles. The first kappa shape index (κ1) is 17.5. The van der Waals surface area contributed by atoms with Crippen LogP contribution >= 0.6 is 0 Å². The average molecular weight is 317 g/mol. The highest BCUT2D eigenvalue weighted by Crippen LogP contribution is 2.22. The van der Waals surface area contributed by atoms with E-state index in [0.717, 1.165) is 38.8 Å². The molecule has 0 spiro atoms. The Kier molecular flexibility index (Phi) is 6.63. The van der Waals surface area contributed by atoms with Crippen LogP contribution in [0.3, 0.4) is 0 Å². The van der Waals surface area contributed by atoms with Crippen LogP contribution in [-0.4, -0.2) is 35.0 Å². The lowest BCUT2D eigenvalue weighted by molar-refractivity contribution is -0.137. The molecule has 1 aromatic carbocycles. The second kappa shape index (κ2) is 8.70. The topological polar surface area (TPSA) is 57.6 Å². The molecule has 126 valence electrons. The maximum atomic E-state index is 12.3. The number of benzene rings is 1. The van der Waals surface area contributed by atoms with Crippen molar-refractivity contribution in [2.75, 3.05) is 13.1 Å². The second-order valence-corrected chi connectivity index (χ2v) is 6.62. The van der Waals surface area contributed by atoms with E-state index in [1.807, 2.05) is 4.90 Å². The van der Waals surface area contributed by atoms with Crippen molar-refractivity contribution in [3.8, 4) is 0 Å². The minimum Gasteiger partial charge on any atom is -0.481 e. The Bertz CT molecular complexity index is 524. The summed E-state index contributed by atoms with van der Waals surface area (Å²) in [6.07, 6.45) is 5.32. The van der Waals surface area contributed by atoms with Crippen LogP contribution in [0.5, 0.6) is 0 Å². The Morgan fingerprint density at radius 3 is 2.65 bits per heavy atom. The molecular formula is C19H27NO3. The Labute approximate surface area is 138 Å². The molecule has 0 aliphatic carbocycles. The van der Waals surface area contributed by atoms with Crippen molar-refractivity contribution in [3.05, 3.63) is 35.4 Å². The molecule has 1 saturated heterocycles. The summed E-state index contributed by atoms with van der Waals surface area (Å²) in [6, 6.07) is 8.47. The van der Waals surface area contributed by atoms with Gasteiger partial charge in [0.2, 0.25) is 5.91 Å². The maximum Gasteiger partial charge on any atom is 0.303 e. The SMILES string of the molecule is Cc1ccc(CCCC(=O)N2CCC[C@H](CCC(=O)O)C2)cc1. The average Bonchev–Trinajstić information content (AvgIpc) is 2.55. The van der Waals surface area contributed by atoms with Gasteiger partial charge in [-0.1, -0.05) is 29.8 Å². The molecule has 1 N–H and O–H groups in total. The van der Waals surface area contributed by atoms with E-state index in [-0.39, 0.29) is 12.3 Å². The Morgan fingerprint density at radius 2 is 1.96 bits per heavy atom. The number of aryl methyl sites for hydroxylation is 2. The van der Waals surface area contributed by atoms with Gasteiger partial charge < -0.3 is 10.0 Å². The largest absolute Gasteiger partial charge is 0.481 e. The number of nitrogens with zero attached hydrogens (tertiary/aromatic N) is 1. The van der Waals surface area contributed by atoms with Gasteiger partial charge in [-0.15, -0.1) is 0 Å². The summed E-state index contributed by atoms with van der Waals surface area (Å²) in [7, 11) is 0. The summed E-state index contributed by atoms with van der Waals surface area (Å²) in [6.45, 7) is 3.63. The van der Waals surface area contributed by atoms with E-state index >= 15 is 0 Å². The first-order valence-electron chi connectivity index (χ1n) is 8.59. The van der Waals surface area contributed by atoms with E-state index in [2.05, 4.69) is 31.2 Å². The monoisotopic (exact) mass is 317 g/mol.